The number of rotatable bonds is 5. The van der Waals surface area contributed by atoms with Gasteiger partial charge < -0.3 is 10.0 Å². The van der Waals surface area contributed by atoms with Gasteiger partial charge in [-0.05, 0) is 25.2 Å². The molecule has 1 atom stereocenters. The molecule has 0 heterocycles. The highest BCUT2D eigenvalue weighted by atomic mass is 19.1. The number of halogens is 1. The van der Waals surface area contributed by atoms with Crippen LogP contribution in [0.1, 0.15) is 18.1 Å². The Balaban J connectivity index is 2.73. The Hall–Kier alpha value is -1.93. The van der Waals surface area contributed by atoms with Crippen LogP contribution in [-0.4, -0.2) is 29.6 Å². The summed E-state index contributed by atoms with van der Waals surface area (Å²) < 4.78 is 13.5. The minimum Gasteiger partial charge on any atom is -0.481 e. The van der Waals surface area contributed by atoms with Crippen molar-refractivity contribution in [3.63, 3.8) is 0 Å². The van der Waals surface area contributed by atoms with Crippen LogP contribution in [0.4, 0.5) is 4.39 Å². The average Bonchev–Trinajstić information content (AvgIpc) is 2.31. The Morgan fingerprint density at radius 3 is 2.83 bits per heavy atom. The van der Waals surface area contributed by atoms with Gasteiger partial charge in [0.25, 0.3) is 0 Å². The van der Waals surface area contributed by atoms with Crippen molar-refractivity contribution in [2.24, 2.45) is 5.92 Å². The number of nitriles is 1. The predicted molar refractivity (Wildman–Crippen MR) is 64.2 cm³/mol. The molecular weight excluding hydrogens is 235 g/mol. The van der Waals surface area contributed by atoms with Crippen molar-refractivity contribution in [1.82, 2.24) is 4.90 Å². The van der Waals surface area contributed by atoms with E-state index in [1.807, 2.05) is 6.07 Å². The second kappa shape index (κ2) is 6.12. The van der Waals surface area contributed by atoms with E-state index < -0.39 is 11.9 Å². The lowest BCUT2D eigenvalue weighted by atomic mass is 10.1. The molecule has 0 saturated heterocycles. The highest BCUT2D eigenvalue weighted by Crippen LogP contribution is 2.13. The van der Waals surface area contributed by atoms with Crippen molar-refractivity contribution in [2.75, 3.05) is 13.6 Å². The molecule has 1 aromatic carbocycles. The molecule has 1 rings (SSSR count). The number of hydrogen-bond donors (Lipinski definition) is 1. The molecule has 0 bridgehead atoms. The average molecular weight is 250 g/mol. The fourth-order valence-electron chi connectivity index (χ4n) is 1.67. The van der Waals surface area contributed by atoms with Crippen molar-refractivity contribution in [3.05, 3.63) is 35.1 Å². The first-order valence-electron chi connectivity index (χ1n) is 5.54. The molecule has 1 N–H and O–H groups in total. The van der Waals surface area contributed by atoms with Gasteiger partial charge in [0.15, 0.2) is 0 Å². The molecule has 5 heteroatoms. The summed E-state index contributed by atoms with van der Waals surface area (Å²) in [4.78, 5) is 12.4. The van der Waals surface area contributed by atoms with Crippen LogP contribution in [0.15, 0.2) is 18.2 Å². The summed E-state index contributed by atoms with van der Waals surface area (Å²) in [6.07, 6.45) is 0. The van der Waals surface area contributed by atoms with Crippen molar-refractivity contribution in [3.8, 4) is 6.07 Å². The first kappa shape index (κ1) is 14.1. The Bertz CT molecular complexity index is 482. The molecule has 96 valence electrons. The van der Waals surface area contributed by atoms with E-state index in [9.17, 15) is 9.18 Å². The van der Waals surface area contributed by atoms with Gasteiger partial charge in [0.1, 0.15) is 5.82 Å². The molecule has 4 nitrogen and oxygen atoms in total. The van der Waals surface area contributed by atoms with E-state index in [0.29, 0.717) is 17.7 Å². The Morgan fingerprint density at radius 1 is 1.61 bits per heavy atom. The van der Waals surface area contributed by atoms with Gasteiger partial charge in [0.2, 0.25) is 0 Å². The summed E-state index contributed by atoms with van der Waals surface area (Å²) in [7, 11) is 1.72. The minimum absolute atomic E-state index is 0.277. The van der Waals surface area contributed by atoms with E-state index in [0.717, 1.165) is 0 Å². The summed E-state index contributed by atoms with van der Waals surface area (Å²) in [5.41, 5.74) is 0.792. The fraction of sp³-hybridized carbons (Fsp3) is 0.385. The third-order valence-electron chi connectivity index (χ3n) is 2.62. The zero-order valence-electron chi connectivity index (χ0n) is 10.4. The molecule has 18 heavy (non-hydrogen) atoms. The summed E-state index contributed by atoms with van der Waals surface area (Å²) >= 11 is 0. The van der Waals surface area contributed by atoms with Gasteiger partial charge in [-0.2, -0.15) is 5.26 Å². The number of aliphatic carboxylic acids is 1. The van der Waals surface area contributed by atoms with E-state index in [-0.39, 0.29) is 12.4 Å². The lowest BCUT2D eigenvalue weighted by Gasteiger charge is -2.19. The molecule has 0 saturated carbocycles. The minimum atomic E-state index is -0.881. The lowest BCUT2D eigenvalue weighted by Crippen LogP contribution is -2.28. The number of carbonyl (C=O) groups is 1. The summed E-state index contributed by atoms with van der Waals surface area (Å²) in [5.74, 6) is -1.78. The van der Waals surface area contributed by atoms with Crippen LogP contribution >= 0.6 is 0 Å². The molecule has 0 aromatic heterocycles. The highest BCUT2D eigenvalue weighted by molar-refractivity contribution is 5.69. The van der Waals surface area contributed by atoms with Crippen molar-refractivity contribution < 1.29 is 14.3 Å². The standard InChI is InChI=1S/C13H15FN2O2/c1-9(13(17)18)7-16(2)8-11-5-10(6-15)3-4-12(11)14/h3-5,9H,7-8H2,1-2H3,(H,17,18). The van der Waals surface area contributed by atoms with E-state index >= 15 is 0 Å². The van der Waals surface area contributed by atoms with Gasteiger partial charge in [-0.25, -0.2) is 4.39 Å². The van der Waals surface area contributed by atoms with Crippen LogP contribution in [0.25, 0.3) is 0 Å². The monoisotopic (exact) mass is 250 g/mol. The van der Waals surface area contributed by atoms with Crippen LogP contribution in [0.3, 0.4) is 0 Å². The van der Waals surface area contributed by atoms with Crippen LogP contribution in [-0.2, 0) is 11.3 Å². The highest BCUT2D eigenvalue weighted by Gasteiger charge is 2.15. The number of benzene rings is 1. The normalized spacial score (nSPS) is 12.2. The maximum Gasteiger partial charge on any atom is 0.307 e. The van der Waals surface area contributed by atoms with Gasteiger partial charge >= 0.3 is 5.97 Å². The number of nitrogens with zero attached hydrogens (tertiary/aromatic N) is 2. The summed E-state index contributed by atoms with van der Waals surface area (Å²) in [6, 6.07) is 6.10. The van der Waals surface area contributed by atoms with Gasteiger partial charge in [0, 0.05) is 18.7 Å². The van der Waals surface area contributed by atoms with Gasteiger partial charge in [-0.15, -0.1) is 0 Å². The smallest absolute Gasteiger partial charge is 0.307 e. The molecule has 0 amide bonds. The van der Waals surface area contributed by atoms with Gasteiger partial charge in [-0.1, -0.05) is 6.92 Å². The second-order valence-electron chi connectivity index (χ2n) is 4.35. The largest absolute Gasteiger partial charge is 0.481 e. The maximum absolute atomic E-state index is 13.5. The Morgan fingerprint density at radius 2 is 2.28 bits per heavy atom. The number of carboxylic acid groups (broad SMARTS) is 1. The van der Waals surface area contributed by atoms with Gasteiger partial charge in [0.05, 0.1) is 17.6 Å². The molecule has 0 fully saturated rings. The number of carboxylic acids is 1. The van der Waals surface area contributed by atoms with E-state index in [1.54, 1.807) is 18.9 Å². The molecule has 1 unspecified atom stereocenters. The first-order chi connectivity index (χ1) is 8.43. The summed E-state index contributed by atoms with van der Waals surface area (Å²) in [5, 5.41) is 17.5. The first-order valence-corrected chi connectivity index (χ1v) is 5.54. The van der Waals surface area contributed by atoms with Crippen LogP contribution in [0.2, 0.25) is 0 Å². The molecule has 1 aromatic rings. The fourth-order valence-corrected chi connectivity index (χ4v) is 1.67. The second-order valence-corrected chi connectivity index (χ2v) is 4.35. The quantitative estimate of drug-likeness (QED) is 0.866. The third-order valence-corrected chi connectivity index (χ3v) is 2.62. The molecule has 0 aliphatic heterocycles. The van der Waals surface area contributed by atoms with E-state index in [2.05, 4.69) is 0 Å². The lowest BCUT2D eigenvalue weighted by molar-refractivity contribution is -0.141. The molecule has 0 aliphatic rings. The number of hydrogen-bond acceptors (Lipinski definition) is 3. The Kier molecular flexibility index (Phi) is 4.81. The zero-order valence-corrected chi connectivity index (χ0v) is 10.4. The van der Waals surface area contributed by atoms with E-state index in [1.165, 1.54) is 18.2 Å². The topological polar surface area (TPSA) is 64.3 Å². The van der Waals surface area contributed by atoms with Crippen LogP contribution in [0, 0.1) is 23.1 Å². The maximum atomic E-state index is 13.5. The third kappa shape index (κ3) is 3.82. The molecular formula is C13H15FN2O2. The van der Waals surface area contributed by atoms with Gasteiger partial charge in [-0.3, -0.25) is 4.79 Å². The van der Waals surface area contributed by atoms with Crippen molar-refractivity contribution >= 4 is 5.97 Å². The molecule has 0 aliphatic carbocycles. The van der Waals surface area contributed by atoms with Crippen molar-refractivity contribution in [1.29, 1.82) is 5.26 Å². The van der Waals surface area contributed by atoms with E-state index in [4.69, 9.17) is 10.4 Å². The predicted octanol–water partition coefficient (Wildman–Crippen LogP) is 1.85. The van der Waals surface area contributed by atoms with Crippen LogP contribution < -0.4 is 0 Å². The molecule has 0 spiro atoms. The van der Waals surface area contributed by atoms with Crippen LogP contribution in [0.5, 0.6) is 0 Å². The van der Waals surface area contributed by atoms with Crippen molar-refractivity contribution in [2.45, 2.75) is 13.5 Å². The summed E-state index contributed by atoms with van der Waals surface area (Å²) in [6.45, 7) is 2.20. The molecule has 0 radical (unpaired) electrons. The SMILES string of the molecule is CC(CN(C)Cc1cc(C#N)ccc1F)C(=O)O. The Labute approximate surface area is 105 Å². The zero-order chi connectivity index (χ0) is 13.7.